The van der Waals surface area contributed by atoms with Crippen LogP contribution in [0.4, 0.5) is 11.5 Å². The summed E-state index contributed by atoms with van der Waals surface area (Å²) in [5.41, 5.74) is 5.94. The first-order chi connectivity index (χ1) is 18.0. The van der Waals surface area contributed by atoms with Crippen LogP contribution >= 0.6 is 0 Å². The number of carbonyl (C=O) groups is 1. The largest absolute Gasteiger partial charge is 0.344 e. The van der Waals surface area contributed by atoms with Gasteiger partial charge in [0.05, 0.1) is 43.3 Å². The van der Waals surface area contributed by atoms with Gasteiger partial charge < -0.3 is 15.1 Å². The van der Waals surface area contributed by atoms with Gasteiger partial charge in [0.1, 0.15) is 12.2 Å². The van der Waals surface area contributed by atoms with Crippen LogP contribution in [0.25, 0.3) is 11.0 Å². The molecule has 0 radical (unpaired) electrons. The minimum Gasteiger partial charge on any atom is -0.344 e. The fraction of sp³-hybridized carbons (Fsp3) is 0.267. The third-order valence-electron chi connectivity index (χ3n) is 6.80. The van der Waals surface area contributed by atoms with Crippen LogP contribution in [-0.4, -0.2) is 42.1 Å². The third kappa shape index (κ3) is 5.60. The van der Waals surface area contributed by atoms with Crippen molar-refractivity contribution >= 4 is 28.4 Å². The molecule has 4 aromatic rings. The fourth-order valence-corrected chi connectivity index (χ4v) is 5.03. The van der Waals surface area contributed by atoms with E-state index in [9.17, 15) is 10.1 Å². The van der Waals surface area contributed by atoms with Gasteiger partial charge in [-0.2, -0.15) is 5.26 Å². The molecular formula is C30H31N6O+. The van der Waals surface area contributed by atoms with E-state index in [1.807, 2.05) is 62.4 Å². The zero-order valence-electron chi connectivity index (χ0n) is 21.2. The number of nitrogens with one attached hydrogen (secondary N) is 2. The van der Waals surface area contributed by atoms with Gasteiger partial charge in [0, 0.05) is 11.3 Å². The molecule has 1 aliphatic heterocycles. The first-order valence-electron chi connectivity index (χ1n) is 12.7. The van der Waals surface area contributed by atoms with Crippen molar-refractivity contribution in [2.75, 3.05) is 36.4 Å². The maximum absolute atomic E-state index is 13.4. The van der Waals surface area contributed by atoms with E-state index >= 15 is 0 Å². The quantitative estimate of drug-likeness (QED) is 0.432. The van der Waals surface area contributed by atoms with Crippen LogP contribution in [-0.2, 0) is 11.3 Å². The highest BCUT2D eigenvalue weighted by molar-refractivity contribution is 5.98. The normalized spacial score (nSPS) is 14.8. The Hall–Kier alpha value is -4.28. The van der Waals surface area contributed by atoms with Crippen LogP contribution in [0.5, 0.6) is 0 Å². The number of nitrogens with zero attached hydrogens (tertiary/aromatic N) is 4. The summed E-state index contributed by atoms with van der Waals surface area (Å²) < 4.78 is 0. The number of hydrogen-bond donors (Lipinski definition) is 2. The molecule has 2 N–H and O–H groups in total. The van der Waals surface area contributed by atoms with Gasteiger partial charge in [0.2, 0.25) is 5.91 Å². The number of carbonyl (C=O) groups excluding carboxylic acids is 1. The zero-order chi connectivity index (χ0) is 25.8. The fourth-order valence-electron chi connectivity index (χ4n) is 5.03. The van der Waals surface area contributed by atoms with Crippen molar-refractivity contribution in [2.45, 2.75) is 26.3 Å². The Morgan fingerprint density at radius 1 is 0.973 bits per heavy atom. The lowest BCUT2D eigenvalue weighted by Crippen LogP contribution is -3.13. The molecule has 1 fully saturated rings. The third-order valence-corrected chi connectivity index (χ3v) is 6.80. The molecule has 0 bridgehead atoms. The maximum Gasteiger partial charge on any atom is 0.248 e. The lowest BCUT2D eigenvalue weighted by molar-refractivity contribution is -0.914. The molecular weight excluding hydrogens is 460 g/mol. The van der Waals surface area contributed by atoms with Gasteiger partial charge >= 0.3 is 0 Å². The molecule has 2 heterocycles. The Kier molecular flexibility index (Phi) is 7.11. The number of benzene rings is 3. The summed E-state index contributed by atoms with van der Waals surface area (Å²) in [5.74, 6) is -0.853. The van der Waals surface area contributed by atoms with Crippen LogP contribution in [0.2, 0.25) is 0 Å². The van der Waals surface area contributed by atoms with E-state index in [0.29, 0.717) is 22.7 Å². The predicted octanol–water partition coefficient (Wildman–Crippen LogP) is 3.40. The molecule has 7 nitrogen and oxygen atoms in total. The van der Waals surface area contributed by atoms with Crippen molar-refractivity contribution < 1.29 is 9.69 Å². The van der Waals surface area contributed by atoms with Gasteiger partial charge in [0.15, 0.2) is 11.7 Å². The molecule has 186 valence electrons. The van der Waals surface area contributed by atoms with Gasteiger partial charge in [0.25, 0.3) is 0 Å². The predicted molar refractivity (Wildman–Crippen MR) is 145 cm³/mol. The minimum atomic E-state index is -1.08. The van der Waals surface area contributed by atoms with Crippen molar-refractivity contribution in [3.8, 4) is 6.07 Å². The Balaban J connectivity index is 1.42. The lowest BCUT2D eigenvalue weighted by Gasteiger charge is -2.34. The average molecular weight is 492 g/mol. The second-order valence-electron chi connectivity index (χ2n) is 9.75. The number of para-hydroxylation sites is 2. The molecule has 5 rings (SSSR count). The summed E-state index contributed by atoms with van der Waals surface area (Å²) in [5, 5.41) is 13.1. The molecule has 37 heavy (non-hydrogen) atoms. The van der Waals surface area contributed by atoms with Gasteiger partial charge in [-0.25, -0.2) is 9.97 Å². The topological polar surface area (TPSA) is 86.3 Å². The van der Waals surface area contributed by atoms with E-state index in [1.54, 1.807) is 0 Å². The summed E-state index contributed by atoms with van der Waals surface area (Å²) in [6.07, 6.45) is 0. The van der Waals surface area contributed by atoms with Gasteiger partial charge in [-0.15, -0.1) is 0 Å². The van der Waals surface area contributed by atoms with Gasteiger partial charge in [-0.1, -0.05) is 48.5 Å². The summed E-state index contributed by atoms with van der Waals surface area (Å²) in [6, 6.07) is 26.2. The van der Waals surface area contributed by atoms with E-state index in [4.69, 9.17) is 9.97 Å². The Bertz CT molecular complexity index is 1430. The number of fused-ring (bicyclic) bond motifs is 1. The van der Waals surface area contributed by atoms with Crippen LogP contribution in [0.1, 0.15) is 28.3 Å². The van der Waals surface area contributed by atoms with E-state index in [1.165, 1.54) is 10.5 Å². The summed E-state index contributed by atoms with van der Waals surface area (Å²) >= 11 is 0. The number of rotatable bonds is 6. The monoisotopic (exact) mass is 491 g/mol. The number of hydrogen-bond acceptors (Lipinski definition) is 5. The van der Waals surface area contributed by atoms with Crippen LogP contribution < -0.4 is 15.1 Å². The summed E-state index contributed by atoms with van der Waals surface area (Å²) in [7, 11) is 0. The van der Waals surface area contributed by atoms with E-state index in [2.05, 4.69) is 40.6 Å². The molecule has 1 aliphatic rings. The molecule has 0 aliphatic carbocycles. The highest BCUT2D eigenvalue weighted by atomic mass is 16.1. The number of aromatic nitrogens is 2. The van der Waals surface area contributed by atoms with Crippen LogP contribution in [0.3, 0.4) is 0 Å². The molecule has 3 aromatic carbocycles. The van der Waals surface area contributed by atoms with Crippen LogP contribution in [0, 0.1) is 25.2 Å². The first-order valence-corrected chi connectivity index (χ1v) is 12.7. The second kappa shape index (κ2) is 10.8. The van der Waals surface area contributed by atoms with Crippen molar-refractivity contribution in [1.82, 2.24) is 9.97 Å². The number of anilines is 2. The van der Waals surface area contributed by atoms with Crippen LogP contribution in [0.15, 0.2) is 72.8 Å². The van der Waals surface area contributed by atoms with E-state index in [0.717, 1.165) is 49.4 Å². The molecule has 1 aromatic heterocycles. The molecule has 0 saturated carbocycles. The Morgan fingerprint density at radius 3 is 2.24 bits per heavy atom. The van der Waals surface area contributed by atoms with Crippen molar-refractivity contribution in [1.29, 1.82) is 5.26 Å². The Labute approximate surface area is 217 Å². The van der Waals surface area contributed by atoms with Crippen molar-refractivity contribution in [2.24, 2.45) is 0 Å². The van der Waals surface area contributed by atoms with Gasteiger partial charge in [-0.05, 0) is 49.2 Å². The smallest absolute Gasteiger partial charge is 0.248 e. The second-order valence-corrected chi connectivity index (χ2v) is 9.75. The minimum absolute atomic E-state index is 0.397. The molecule has 1 amide bonds. The number of aryl methyl sites for hydroxylation is 2. The van der Waals surface area contributed by atoms with Crippen molar-refractivity contribution in [3.05, 3.63) is 95.2 Å². The number of quaternary nitrogens is 1. The summed E-state index contributed by atoms with van der Waals surface area (Å²) in [4.78, 5) is 26.8. The van der Waals surface area contributed by atoms with E-state index < -0.39 is 11.8 Å². The standard InChI is InChI=1S/C30H30N6O/c1-21-16-22(2)18-24(17-21)32-30(37)25(19-31)28-29(34-27-11-7-6-10-26(27)33-28)36-14-12-35(13-15-36)20-23-8-4-3-5-9-23/h3-11,16-18,25H,12-15,20H2,1-2H3,(H,32,37)/p+1/t25-/m0/s1. The molecule has 0 unspecified atom stereocenters. The molecule has 7 heteroatoms. The summed E-state index contributed by atoms with van der Waals surface area (Å²) in [6.45, 7) is 8.37. The first kappa shape index (κ1) is 24.4. The number of nitriles is 1. The highest BCUT2D eigenvalue weighted by Gasteiger charge is 2.31. The SMILES string of the molecule is Cc1cc(C)cc(NC(=O)[C@@H](C#N)c2nc3ccccc3nc2N2CC[NH+](Cc3ccccc3)CC2)c1. The average Bonchev–Trinajstić information content (AvgIpc) is 2.89. The molecule has 1 atom stereocenters. The van der Waals surface area contributed by atoms with E-state index in [-0.39, 0.29) is 0 Å². The highest BCUT2D eigenvalue weighted by Crippen LogP contribution is 2.28. The zero-order valence-corrected chi connectivity index (χ0v) is 21.2. The van der Waals surface area contributed by atoms with Gasteiger partial charge in [-0.3, -0.25) is 4.79 Å². The molecule has 1 saturated heterocycles. The van der Waals surface area contributed by atoms with Crippen molar-refractivity contribution in [3.63, 3.8) is 0 Å². The number of amides is 1. The molecule has 0 spiro atoms. The maximum atomic E-state index is 13.4. The Morgan fingerprint density at radius 2 is 1.59 bits per heavy atom. The lowest BCUT2D eigenvalue weighted by atomic mass is 10.0. The number of piperazine rings is 1.